The Kier molecular flexibility index (Phi) is 5.27. The third-order valence-electron chi connectivity index (χ3n) is 3.32. The number of carbonyl (C=O) groups is 2. The molecule has 2 aromatic rings. The van der Waals surface area contributed by atoms with Gasteiger partial charge in [-0.2, -0.15) is 5.26 Å². The van der Waals surface area contributed by atoms with Crippen LogP contribution in [0.2, 0.25) is 0 Å². The van der Waals surface area contributed by atoms with Crippen LogP contribution in [0.4, 0.5) is 10.1 Å². The fourth-order valence-corrected chi connectivity index (χ4v) is 1.91. The van der Waals surface area contributed by atoms with Crippen LogP contribution in [-0.4, -0.2) is 18.0 Å². The van der Waals surface area contributed by atoms with Gasteiger partial charge in [0.2, 0.25) is 0 Å². The van der Waals surface area contributed by atoms with Gasteiger partial charge in [0.25, 0.3) is 5.91 Å². The summed E-state index contributed by atoms with van der Waals surface area (Å²) in [5.74, 6) is -1.74. The summed E-state index contributed by atoms with van der Waals surface area (Å²) < 4.78 is 18.5. The Hall–Kier alpha value is -3.20. The lowest BCUT2D eigenvalue weighted by atomic mass is 10.1. The van der Waals surface area contributed by atoms with E-state index in [-0.39, 0.29) is 11.3 Å². The number of nitrogens with one attached hydrogen (secondary N) is 1. The van der Waals surface area contributed by atoms with Crippen molar-refractivity contribution in [3.8, 4) is 6.07 Å². The first-order chi connectivity index (χ1) is 11.4. The van der Waals surface area contributed by atoms with E-state index >= 15 is 0 Å². The molecule has 1 unspecified atom stereocenters. The Bertz CT molecular complexity index is 827. The quantitative estimate of drug-likeness (QED) is 0.875. The maximum absolute atomic E-state index is 13.5. The van der Waals surface area contributed by atoms with Crippen LogP contribution in [-0.2, 0) is 9.53 Å². The Balaban J connectivity index is 2.01. The summed E-state index contributed by atoms with van der Waals surface area (Å²) >= 11 is 0. The van der Waals surface area contributed by atoms with Gasteiger partial charge in [-0.15, -0.1) is 0 Å². The SMILES string of the molecule is Cc1ccc(NC(=O)C(C)OC(=O)c2cccc(C#N)c2)cc1F. The van der Waals surface area contributed by atoms with Crippen LogP contribution in [0.15, 0.2) is 42.5 Å². The molecule has 122 valence electrons. The largest absolute Gasteiger partial charge is 0.449 e. The molecule has 0 radical (unpaired) electrons. The van der Waals surface area contributed by atoms with Gasteiger partial charge < -0.3 is 10.1 Å². The van der Waals surface area contributed by atoms with Crippen LogP contribution in [0.1, 0.15) is 28.4 Å². The number of carbonyl (C=O) groups excluding carboxylic acids is 2. The molecule has 0 spiro atoms. The third kappa shape index (κ3) is 4.17. The lowest BCUT2D eigenvalue weighted by Crippen LogP contribution is -2.30. The molecule has 0 saturated carbocycles. The molecule has 2 rings (SSSR count). The number of amides is 1. The van der Waals surface area contributed by atoms with Crippen LogP contribution < -0.4 is 5.32 Å². The fourth-order valence-electron chi connectivity index (χ4n) is 1.91. The number of ether oxygens (including phenoxy) is 1. The van der Waals surface area contributed by atoms with Crippen molar-refractivity contribution < 1.29 is 18.7 Å². The van der Waals surface area contributed by atoms with Crippen LogP contribution in [0, 0.1) is 24.1 Å². The smallest absolute Gasteiger partial charge is 0.338 e. The van der Waals surface area contributed by atoms with Gasteiger partial charge in [0, 0.05) is 5.69 Å². The number of anilines is 1. The first kappa shape index (κ1) is 17.2. The van der Waals surface area contributed by atoms with Gasteiger partial charge in [-0.05, 0) is 49.7 Å². The summed E-state index contributed by atoms with van der Waals surface area (Å²) in [5.41, 5.74) is 1.23. The first-order valence-electron chi connectivity index (χ1n) is 7.19. The molecule has 0 heterocycles. The van der Waals surface area contributed by atoms with Crippen molar-refractivity contribution in [3.05, 3.63) is 65.0 Å². The van der Waals surface area contributed by atoms with Crippen LogP contribution >= 0.6 is 0 Å². The van der Waals surface area contributed by atoms with Crippen molar-refractivity contribution in [3.63, 3.8) is 0 Å². The van der Waals surface area contributed by atoms with Crippen molar-refractivity contribution in [2.75, 3.05) is 5.32 Å². The molecule has 1 amide bonds. The van der Waals surface area contributed by atoms with E-state index in [0.717, 1.165) is 0 Å². The number of esters is 1. The molecule has 0 aliphatic rings. The predicted molar refractivity (Wildman–Crippen MR) is 85.8 cm³/mol. The Morgan fingerprint density at radius 1 is 1.25 bits per heavy atom. The molecule has 1 N–H and O–H groups in total. The molecule has 1 atom stereocenters. The van der Waals surface area contributed by atoms with E-state index in [1.165, 1.54) is 31.2 Å². The van der Waals surface area contributed by atoms with E-state index < -0.39 is 23.8 Å². The van der Waals surface area contributed by atoms with Crippen LogP contribution in [0.5, 0.6) is 0 Å². The van der Waals surface area contributed by atoms with Crippen molar-refractivity contribution in [2.45, 2.75) is 20.0 Å². The van der Waals surface area contributed by atoms with Crippen molar-refractivity contribution in [1.82, 2.24) is 0 Å². The van der Waals surface area contributed by atoms with Crippen molar-refractivity contribution in [1.29, 1.82) is 5.26 Å². The van der Waals surface area contributed by atoms with E-state index in [1.807, 2.05) is 6.07 Å². The number of hydrogen-bond donors (Lipinski definition) is 1. The Morgan fingerprint density at radius 3 is 2.67 bits per heavy atom. The molecule has 6 heteroatoms. The number of nitriles is 1. The van der Waals surface area contributed by atoms with Gasteiger partial charge in [0.15, 0.2) is 6.10 Å². The zero-order valence-corrected chi connectivity index (χ0v) is 13.2. The highest BCUT2D eigenvalue weighted by atomic mass is 19.1. The van der Waals surface area contributed by atoms with Gasteiger partial charge >= 0.3 is 5.97 Å². The molecule has 0 aromatic heterocycles. The van der Waals surface area contributed by atoms with E-state index in [1.54, 1.807) is 25.1 Å². The van der Waals surface area contributed by atoms with Crippen molar-refractivity contribution in [2.24, 2.45) is 0 Å². The number of rotatable bonds is 4. The monoisotopic (exact) mass is 326 g/mol. The molecular weight excluding hydrogens is 311 g/mol. The molecule has 24 heavy (non-hydrogen) atoms. The van der Waals surface area contributed by atoms with E-state index in [9.17, 15) is 14.0 Å². The zero-order valence-electron chi connectivity index (χ0n) is 13.2. The summed E-state index contributed by atoms with van der Waals surface area (Å²) in [6.07, 6.45) is -1.08. The topological polar surface area (TPSA) is 79.2 Å². The molecule has 0 aliphatic carbocycles. The van der Waals surface area contributed by atoms with Gasteiger partial charge in [0.05, 0.1) is 17.2 Å². The molecule has 5 nitrogen and oxygen atoms in total. The number of nitrogens with zero attached hydrogens (tertiary/aromatic N) is 1. The van der Waals surface area contributed by atoms with E-state index in [0.29, 0.717) is 11.1 Å². The van der Waals surface area contributed by atoms with Crippen LogP contribution in [0.25, 0.3) is 0 Å². The average Bonchev–Trinajstić information content (AvgIpc) is 2.58. The number of hydrogen-bond acceptors (Lipinski definition) is 4. The highest BCUT2D eigenvalue weighted by molar-refractivity contribution is 5.97. The summed E-state index contributed by atoms with van der Waals surface area (Å²) in [5, 5.41) is 11.3. The van der Waals surface area contributed by atoms with E-state index in [4.69, 9.17) is 10.00 Å². The first-order valence-corrected chi connectivity index (χ1v) is 7.19. The summed E-state index contributed by atoms with van der Waals surface area (Å²) in [6.45, 7) is 3.02. The van der Waals surface area contributed by atoms with Gasteiger partial charge in [0.1, 0.15) is 5.82 Å². The number of benzene rings is 2. The summed E-state index contributed by atoms with van der Waals surface area (Å²) in [4.78, 5) is 24.0. The molecule has 0 bridgehead atoms. The molecule has 0 saturated heterocycles. The second-order valence-corrected chi connectivity index (χ2v) is 5.19. The lowest BCUT2D eigenvalue weighted by Gasteiger charge is -2.14. The average molecular weight is 326 g/mol. The minimum Gasteiger partial charge on any atom is -0.449 e. The summed E-state index contributed by atoms with van der Waals surface area (Å²) in [6, 6.07) is 12.2. The van der Waals surface area contributed by atoms with Crippen molar-refractivity contribution >= 4 is 17.6 Å². The molecule has 2 aromatic carbocycles. The standard InChI is InChI=1S/C18H15FN2O3/c1-11-6-7-15(9-16(11)19)21-17(22)12(2)24-18(23)14-5-3-4-13(8-14)10-20/h3-9,12H,1-2H3,(H,21,22). The molecular formula is C18H15FN2O3. The Morgan fingerprint density at radius 2 is 2.00 bits per heavy atom. The second kappa shape index (κ2) is 7.38. The van der Waals surface area contributed by atoms with Crippen LogP contribution in [0.3, 0.4) is 0 Å². The minimum absolute atomic E-state index is 0.176. The lowest BCUT2D eigenvalue weighted by molar-refractivity contribution is -0.123. The normalized spacial score (nSPS) is 11.2. The Labute approximate surface area is 138 Å². The second-order valence-electron chi connectivity index (χ2n) is 5.19. The van der Waals surface area contributed by atoms with Gasteiger partial charge in [-0.3, -0.25) is 4.79 Å². The van der Waals surface area contributed by atoms with E-state index in [2.05, 4.69) is 5.32 Å². The van der Waals surface area contributed by atoms with Gasteiger partial charge in [-0.1, -0.05) is 12.1 Å². The highest BCUT2D eigenvalue weighted by Crippen LogP contribution is 2.14. The predicted octanol–water partition coefficient (Wildman–Crippen LogP) is 3.19. The van der Waals surface area contributed by atoms with Gasteiger partial charge in [-0.25, -0.2) is 9.18 Å². The minimum atomic E-state index is -1.08. The number of aryl methyl sites for hydroxylation is 1. The maximum atomic E-state index is 13.5. The number of halogens is 1. The fraction of sp³-hybridized carbons (Fsp3) is 0.167. The zero-order chi connectivity index (χ0) is 17.7. The third-order valence-corrected chi connectivity index (χ3v) is 3.32. The maximum Gasteiger partial charge on any atom is 0.338 e. The summed E-state index contributed by atoms with van der Waals surface area (Å²) in [7, 11) is 0. The molecule has 0 aliphatic heterocycles. The molecule has 0 fully saturated rings. The highest BCUT2D eigenvalue weighted by Gasteiger charge is 2.19.